The first-order valence-electron chi connectivity index (χ1n) is 2.33. The summed E-state index contributed by atoms with van der Waals surface area (Å²) in [6.45, 7) is 0.372. The van der Waals surface area contributed by atoms with Crippen LogP contribution in [-0.4, -0.2) is 12.8 Å². The second-order valence-electron chi connectivity index (χ2n) is 1.59. The predicted octanol–water partition coefficient (Wildman–Crippen LogP) is 0.843. The molecule has 0 aliphatic carbocycles. The quantitative estimate of drug-likeness (QED) is 0.506. The van der Waals surface area contributed by atoms with E-state index in [1.54, 1.807) is 0 Å². The van der Waals surface area contributed by atoms with Crippen LogP contribution in [0.5, 0.6) is 0 Å². The van der Waals surface area contributed by atoms with Gasteiger partial charge in [-0.25, -0.2) is 4.57 Å². The zero-order valence-electron chi connectivity index (χ0n) is 4.62. The van der Waals surface area contributed by atoms with Crippen LogP contribution in [0.3, 0.4) is 0 Å². The van der Waals surface area contributed by atoms with Crippen LogP contribution in [0.1, 0.15) is 0 Å². The summed E-state index contributed by atoms with van der Waals surface area (Å²) in [5.74, 6) is 0. The average Bonchev–Trinajstić information content (AvgIpc) is 2.72. The predicted molar refractivity (Wildman–Crippen MR) is 24.9 cm³/mol. The van der Waals surface area contributed by atoms with Gasteiger partial charge < -0.3 is 0 Å². The van der Waals surface area contributed by atoms with E-state index in [0.717, 1.165) is 0 Å². The molecule has 5 nitrogen and oxygen atoms in total. The number of nitrogens with one attached hydrogen (secondary N) is 1. The molecule has 0 aromatic carbocycles. The lowest BCUT2D eigenvalue weighted by Crippen LogP contribution is -1.97. The Balaban J connectivity index is 2.37. The molecule has 1 atom stereocenters. The molecule has 60 valence electrons. The Morgan fingerprint density at radius 3 is 2.30 bits per heavy atom. The molecule has 0 saturated carbocycles. The third-order valence-electron chi connectivity index (χ3n) is 0.796. The van der Waals surface area contributed by atoms with E-state index in [-0.39, 0.29) is 0 Å². The van der Waals surface area contributed by atoms with Crippen LogP contribution < -0.4 is 5.32 Å². The summed E-state index contributed by atoms with van der Waals surface area (Å²) in [6, 6.07) is 0. The van der Waals surface area contributed by atoms with E-state index in [9.17, 15) is 13.6 Å². The van der Waals surface area contributed by atoms with Gasteiger partial charge in [-0.1, -0.05) is 9.46 Å². The highest BCUT2D eigenvalue weighted by Crippen LogP contribution is 2.51. The smallest absolute Gasteiger partial charge is 0.287 e. The lowest BCUT2D eigenvalue weighted by molar-refractivity contribution is -0.119. The van der Waals surface area contributed by atoms with Crippen molar-refractivity contribution in [1.29, 1.82) is 0 Å². The first kappa shape index (κ1) is 8.03. The SMILES string of the molecule is O=P(OF)(OF)OC1CN1. The van der Waals surface area contributed by atoms with Gasteiger partial charge in [0.15, 0.2) is 0 Å². The molecule has 1 unspecified atom stereocenters. The summed E-state index contributed by atoms with van der Waals surface area (Å²) in [7, 11) is -4.57. The highest BCUT2D eigenvalue weighted by molar-refractivity contribution is 7.48. The number of hydrogen-bond donors (Lipinski definition) is 1. The molecule has 10 heavy (non-hydrogen) atoms. The maximum Gasteiger partial charge on any atom is 0.538 e. The molecule has 1 heterocycles. The summed E-state index contributed by atoms with van der Waals surface area (Å²) in [5, 5.41) is 2.47. The summed E-state index contributed by atoms with van der Waals surface area (Å²) >= 11 is 0. The molecule has 8 heteroatoms. The Bertz CT molecular complexity index is 153. The Kier molecular flexibility index (Phi) is 2.32. The third kappa shape index (κ3) is 1.96. The van der Waals surface area contributed by atoms with Crippen LogP contribution in [0.25, 0.3) is 0 Å². The Hall–Kier alpha value is -0.0700. The monoisotopic (exact) mass is 175 g/mol. The van der Waals surface area contributed by atoms with Crippen LogP contribution in [0.4, 0.5) is 9.05 Å². The molecule has 1 rings (SSSR count). The number of phosphoric acid groups is 1. The lowest BCUT2D eigenvalue weighted by atomic mass is 10.9. The van der Waals surface area contributed by atoms with E-state index < -0.39 is 14.1 Å². The van der Waals surface area contributed by atoms with E-state index >= 15 is 0 Å². The highest BCUT2D eigenvalue weighted by Gasteiger charge is 2.38. The first-order chi connectivity index (χ1) is 4.70. The van der Waals surface area contributed by atoms with Gasteiger partial charge in [-0.3, -0.25) is 9.84 Å². The molecule has 0 spiro atoms. The van der Waals surface area contributed by atoms with Crippen molar-refractivity contribution in [3.8, 4) is 0 Å². The van der Waals surface area contributed by atoms with Gasteiger partial charge in [0.2, 0.25) is 0 Å². The molecular weight excluding hydrogens is 171 g/mol. The van der Waals surface area contributed by atoms with Crippen LogP contribution >= 0.6 is 7.82 Å². The summed E-state index contributed by atoms with van der Waals surface area (Å²) in [4.78, 5) is 0. The second kappa shape index (κ2) is 2.89. The molecule has 1 saturated heterocycles. The number of hydrogen-bond acceptors (Lipinski definition) is 5. The van der Waals surface area contributed by atoms with Crippen molar-refractivity contribution in [3.63, 3.8) is 0 Å². The molecule has 1 N–H and O–H groups in total. The molecule has 1 fully saturated rings. The van der Waals surface area contributed by atoms with Crippen molar-refractivity contribution in [1.82, 2.24) is 5.32 Å². The fourth-order valence-electron chi connectivity index (χ4n) is 0.322. The molecule has 0 amide bonds. The van der Waals surface area contributed by atoms with Gasteiger partial charge in [0, 0.05) is 6.54 Å². The van der Waals surface area contributed by atoms with Crippen molar-refractivity contribution >= 4 is 7.82 Å². The number of halogens is 2. The highest BCUT2D eigenvalue weighted by atomic mass is 31.2. The van der Waals surface area contributed by atoms with Crippen molar-refractivity contribution in [3.05, 3.63) is 0 Å². The minimum Gasteiger partial charge on any atom is -0.287 e. The standard InChI is InChI=1S/C2H4F2NO4P/c3-8-10(6,9-4)7-2-1-5-2/h2,5H,1H2. The molecule has 0 bridgehead atoms. The van der Waals surface area contributed by atoms with Crippen molar-refractivity contribution in [2.45, 2.75) is 6.23 Å². The average molecular weight is 175 g/mol. The van der Waals surface area contributed by atoms with Crippen LogP contribution in [0, 0.1) is 0 Å². The van der Waals surface area contributed by atoms with Gasteiger partial charge in [-0.15, -0.1) is 0 Å². The van der Waals surface area contributed by atoms with E-state index in [1.807, 2.05) is 0 Å². The number of rotatable bonds is 4. The van der Waals surface area contributed by atoms with Gasteiger partial charge in [-0.05, 0) is 9.05 Å². The topological polar surface area (TPSA) is 66.7 Å². The summed E-state index contributed by atoms with van der Waals surface area (Å²) in [6.07, 6.45) is -0.641. The zero-order valence-corrected chi connectivity index (χ0v) is 5.52. The fraction of sp³-hybridized carbons (Fsp3) is 1.00. The molecular formula is C2H4F2NO4P. The first-order valence-corrected chi connectivity index (χ1v) is 3.79. The maximum atomic E-state index is 11.1. The van der Waals surface area contributed by atoms with Crippen molar-refractivity contribution in [2.24, 2.45) is 0 Å². The normalized spacial score (nSPS) is 24.8. The Morgan fingerprint density at radius 1 is 1.50 bits per heavy atom. The molecule has 1 aliphatic heterocycles. The molecule has 0 radical (unpaired) electrons. The van der Waals surface area contributed by atoms with Crippen LogP contribution in [0.15, 0.2) is 0 Å². The summed E-state index contributed by atoms with van der Waals surface area (Å²) < 4.78 is 42.0. The van der Waals surface area contributed by atoms with Gasteiger partial charge in [-0.2, -0.15) is 0 Å². The molecule has 0 aromatic rings. The fourth-order valence-corrected chi connectivity index (χ4v) is 0.869. The maximum absolute atomic E-state index is 11.1. The molecule has 1 aliphatic rings. The Labute approximate surface area is 54.7 Å². The third-order valence-corrected chi connectivity index (χ3v) is 1.65. The van der Waals surface area contributed by atoms with Gasteiger partial charge in [0.05, 0.1) is 0 Å². The zero-order chi connectivity index (χ0) is 7.61. The molecule has 0 aromatic heterocycles. The largest absolute Gasteiger partial charge is 0.538 e. The van der Waals surface area contributed by atoms with Gasteiger partial charge in [0.25, 0.3) is 0 Å². The van der Waals surface area contributed by atoms with E-state index in [4.69, 9.17) is 0 Å². The van der Waals surface area contributed by atoms with Gasteiger partial charge in [0.1, 0.15) is 6.23 Å². The Morgan fingerprint density at radius 2 is 2.00 bits per heavy atom. The van der Waals surface area contributed by atoms with Crippen LogP contribution in [0.2, 0.25) is 0 Å². The van der Waals surface area contributed by atoms with E-state index in [1.165, 1.54) is 0 Å². The van der Waals surface area contributed by atoms with Crippen molar-refractivity contribution in [2.75, 3.05) is 6.54 Å². The summed E-state index contributed by atoms with van der Waals surface area (Å²) in [5.41, 5.74) is 0. The minimum absolute atomic E-state index is 0.372. The van der Waals surface area contributed by atoms with E-state index in [0.29, 0.717) is 6.54 Å². The van der Waals surface area contributed by atoms with Crippen LogP contribution in [-0.2, 0) is 18.5 Å². The van der Waals surface area contributed by atoms with E-state index in [2.05, 4.69) is 19.3 Å². The lowest BCUT2D eigenvalue weighted by Gasteiger charge is -2.03. The van der Waals surface area contributed by atoms with Gasteiger partial charge >= 0.3 is 7.82 Å². The van der Waals surface area contributed by atoms with Crippen molar-refractivity contribution < 1.29 is 27.6 Å². The second-order valence-corrected chi connectivity index (χ2v) is 2.97. The minimum atomic E-state index is -4.57.